The molecule has 3 unspecified atom stereocenters. The van der Waals surface area contributed by atoms with E-state index < -0.39 is 0 Å². The van der Waals surface area contributed by atoms with Crippen molar-refractivity contribution in [1.29, 1.82) is 0 Å². The minimum Gasteiger partial charge on any atom is -0.378 e. The molecule has 1 aromatic rings. The number of hydrogen-bond acceptors (Lipinski definition) is 3. The van der Waals surface area contributed by atoms with Crippen molar-refractivity contribution in [3.63, 3.8) is 0 Å². The lowest BCUT2D eigenvalue weighted by Gasteiger charge is -2.52. The summed E-state index contributed by atoms with van der Waals surface area (Å²) in [6.45, 7) is 9.93. The SMILES string of the molecule is CCCCOC1CC(NC(=NC)NCC2CC(=O)N(CCc3ccccc3)C2)C1(C)C. The summed E-state index contributed by atoms with van der Waals surface area (Å²) in [5.74, 6) is 1.40. The van der Waals surface area contributed by atoms with Gasteiger partial charge in [-0.1, -0.05) is 57.5 Å². The summed E-state index contributed by atoms with van der Waals surface area (Å²) in [5, 5.41) is 7.02. The van der Waals surface area contributed by atoms with Crippen LogP contribution in [0.5, 0.6) is 0 Å². The van der Waals surface area contributed by atoms with E-state index in [2.05, 4.69) is 60.7 Å². The summed E-state index contributed by atoms with van der Waals surface area (Å²) in [6.07, 6.45) is 5.12. The largest absolute Gasteiger partial charge is 0.378 e. The van der Waals surface area contributed by atoms with Crippen molar-refractivity contribution >= 4 is 11.9 Å². The van der Waals surface area contributed by atoms with Crippen LogP contribution in [0.1, 0.15) is 52.0 Å². The van der Waals surface area contributed by atoms with Crippen molar-refractivity contribution in [2.45, 2.75) is 65.0 Å². The third-order valence-electron chi connectivity index (χ3n) is 6.90. The second kappa shape index (κ2) is 11.0. The van der Waals surface area contributed by atoms with Crippen molar-refractivity contribution in [3.05, 3.63) is 35.9 Å². The average Bonchev–Trinajstić information content (AvgIpc) is 3.13. The molecule has 0 spiro atoms. The molecule has 1 aliphatic heterocycles. The highest BCUT2D eigenvalue weighted by molar-refractivity contribution is 5.81. The third-order valence-corrected chi connectivity index (χ3v) is 6.90. The molecule has 2 N–H and O–H groups in total. The molecule has 1 amide bonds. The van der Waals surface area contributed by atoms with Gasteiger partial charge in [0.1, 0.15) is 0 Å². The molecule has 1 aromatic carbocycles. The number of amides is 1. The number of nitrogens with one attached hydrogen (secondary N) is 2. The van der Waals surface area contributed by atoms with Gasteiger partial charge in [0.05, 0.1) is 6.10 Å². The number of unbranched alkanes of at least 4 members (excludes halogenated alkanes) is 1. The molecular weight excluding hydrogens is 388 g/mol. The molecule has 6 nitrogen and oxygen atoms in total. The first-order valence-electron chi connectivity index (χ1n) is 11.8. The molecule has 0 aromatic heterocycles. The van der Waals surface area contributed by atoms with E-state index in [4.69, 9.17) is 4.74 Å². The average molecular weight is 429 g/mol. The molecule has 2 fully saturated rings. The first-order chi connectivity index (χ1) is 14.9. The van der Waals surface area contributed by atoms with E-state index in [1.165, 1.54) is 12.0 Å². The molecular formula is C25H40N4O2. The van der Waals surface area contributed by atoms with E-state index in [0.29, 0.717) is 24.5 Å². The van der Waals surface area contributed by atoms with E-state index in [0.717, 1.165) is 51.5 Å². The van der Waals surface area contributed by atoms with Crippen molar-refractivity contribution in [2.75, 3.05) is 33.3 Å². The number of aliphatic imine (C=N–C) groups is 1. The number of rotatable bonds is 10. The van der Waals surface area contributed by atoms with Gasteiger partial charge in [-0.25, -0.2) is 0 Å². The van der Waals surface area contributed by atoms with Gasteiger partial charge in [0.2, 0.25) is 5.91 Å². The van der Waals surface area contributed by atoms with Crippen LogP contribution in [-0.4, -0.2) is 62.2 Å². The summed E-state index contributed by atoms with van der Waals surface area (Å²) >= 11 is 0. The lowest BCUT2D eigenvalue weighted by atomic mass is 9.64. The zero-order valence-electron chi connectivity index (χ0n) is 19.7. The Balaban J connectivity index is 1.39. The molecule has 1 saturated heterocycles. The first kappa shape index (κ1) is 23.6. The third kappa shape index (κ3) is 6.22. The monoisotopic (exact) mass is 428 g/mol. The van der Waals surface area contributed by atoms with Gasteiger partial charge in [-0.05, 0) is 24.8 Å². The normalized spacial score (nSPS) is 25.4. The molecule has 2 aliphatic rings. The van der Waals surface area contributed by atoms with Crippen LogP contribution in [0.2, 0.25) is 0 Å². The Morgan fingerprint density at radius 1 is 1.29 bits per heavy atom. The van der Waals surface area contributed by atoms with Gasteiger partial charge in [-0.15, -0.1) is 0 Å². The van der Waals surface area contributed by atoms with Crippen LogP contribution in [-0.2, 0) is 16.0 Å². The van der Waals surface area contributed by atoms with E-state index in [1.54, 1.807) is 0 Å². The van der Waals surface area contributed by atoms with E-state index in [9.17, 15) is 4.79 Å². The van der Waals surface area contributed by atoms with Crippen LogP contribution in [0.25, 0.3) is 0 Å². The number of likely N-dealkylation sites (tertiary alicyclic amines) is 1. The maximum Gasteiger partial charge on any atom is 0.223 e. The Labute approximate surface area is 187 Å². The van der Waals surface area contributed by atoms with Crippen LogP contribution in [0.15, 0.2) is 35.3 Å². The number of carbonyl (C=O) groups excluding carboxylic acids is 1. The summed E-state index contributed by atoms with van der Waals surface area (Å²) in [5.41, 5.74) is 1.37. The van der Waals surface area contributed by atoms with Crippen LogP contribution in [0, 0.1) is 11.3 Å². The summed E-state index contributed by atoms with van der Waals surface area (Å²) < 4.78 is 6.06. The number of ether oxygens (including phenoxy) is 1. The van der Waals surface area contributed by atoms with Crippen LogP contribution < -0.4 is 10.6 Å². The zero-order chi connectivity index (χ0) is 22.3. The highest BCUT2D eigenvalue weighted by Gasteiger charge is 2.49. The van der Waals surface area contributed by atoms with E-state index in [-0.39, 0.29) is 11.3 Å². The predicted molar refractivity (Wildman–Crippen MR) is 126 cm³/mol. The fourth-order valence-corrected chi connectivity index (χ4v) is 4.50. The number of nitrogens with zero attached hydrogens (tertiary/aromatic N) is 2. The lowest BCUT2D eigenvalue weighted by Crippen LogP contribution is -2.63. The molecule has 3 atom stereocenters. The summed E-state index contributed by atoms with van der Waals surface area (Å²) in [4.78, 5) is 18.8. The maximum absolute atomic E-state index is 12.4. The van der Waals surface area contributed by atoms with Crippen LogP contribution in [0.4, 0.5) is 0 Å². The van der Waals surface area contributed by atoms with Crippen molar-refractivity contribution in [2.24, 2.45) is 16.3 Å². The minimum absolute atomic E-state index is 0.0862. The predicted octanol–water partition coefficient (Wildman–Crippen LogP) is 3.23. The smallest absolute Gasteiger partial charge is 0.223 e. The Hall–Kier alpha value is -2.08. The second-order valence-corrected chi connectivity index (χ2v) is 9.57. The molecule has 172 valence electrons. The molecule has 0 bridgehead atoms. The van der Waals surface area contributed by atoms with Crippen molar-refractivity contribution in [1.82, 2.24) is 15.5 Å². The maximum atomic E-state index is 12.4. The Kier molecular flexibility index (Phi) is 8.35. The Bertz CT molecular complexity index is 734. The quantitative estimate of drug-likeness (QED) is 0.341. The van der Waals surface area contributed by atoms with Crippen LogP contribution in [0.3, 0.4) is 0 Å². The molecule has 1 aliphatic carbocycles. The van der Waals surface area contributed by atoms with Gasteiger partial charge in [0.25, 0.3) is 0 Å². The molecule has 6 heteroatoms. The highest BCUT2D eigenvalue weighted by Crippen LogP contribution is 2.42. The summed E-state index contributed by atoms with van der Waals surface area (Å²) in [7, 11) is 1.81. The minimum atomic E-state index is 0.0862. The molecule has 0 radical (unpaired) electrons. The molecule has 31 heavy (non-hydrogen) atoms. The van der Waals surface area contributed by atoms with Gasteiger partial charge in [0, 0.05) is 57.1 Å². The number of hydrogen-bond donors (Lipinski definition) is 2. The van der Waals surface area contributed by atoms with Gasteiger partial charge in [-0.3, -0.25) is 9.79 Å². The highest BCUT2D eigenvalue weighted by atomic mass is 16.5. The summed E-state index contributed by atoms with van der Waals surface area (Å²) in [6, 6.07) is 10.7. The zero-order valence-corrected chi connectivity index (χ0v) is 19.7. The standard InChI is InChI=1S/C25H40N4O2/c1-5-6-14-31-22-16-21(25(22,2)3)28-24(26-4)27-17-20-15-23(30)29(18-20)13-12-19-10-8-7-9-11-19/h7-11,20-22H,5-6,12-18H2,1-4H3,(H2,26,27,28). The number of benzene rings is 1. The lowest BCUT2D eigenvalue weighted by molar-refractivity contribution is -0.127. The topological polar surface area (TPSA) is 66.0 Å². The molecule has 1 heterocycles. The van der Waals surface area contributed by atoms with Crippen molar-refractivity contribution in [3.8, 4) is 0 Å². The molecule has 1 saturated carbocycles. The number of carbonyl (C=O) groups is 1. The second-order valence-electron chi connectivity index (χ2n) is 9.57. The Morgan fingerprint density at radius 3 is 2.74 bits per heavy atom. The molecule has 3 rings (SSSR count). The van der Waals surface area contributed by atoms with Gasteiger partial charge in [0.15, 0.2) is 5.96 Å². The number of guanidine groups is 1. The van der Waals surface area contributed by atoms with Gasteiger partial charge >= 0.3 is 0 Å². The van der Waals surface area contributed by atoms with E-state index in [1.807, 2.05) is 18.0 Å². The first-order valence-corrected chi connectivity index (χ1v) is 11.8. The van der Waals surface area contributed by atoms with Crippen LogP contribution >= 0.6 is 0 Å². The van der Waals surface area contributed by atoms with E-state index >= 15 is 0 Å². The van der Waals surface area contributed by atoms with Gasteiger partial charge < -0.3 is 20.3 Å². The van der Waals surface area contributed by atoms with Crippen molar-refractivity contribution < 1.29 is 9.53 Å². The fraction of sp³-hybridized carbons (Fsp3) is 0.680. The fourth-order valence-electron chi connectivity index (χ4n) is 4.50. The Morgan fingerprint density at radius 2 is 2.06 bits per heavy atom. The van der Waals surface area contributed by atoms with Gasteiger partial charge in [-0.2, -0.15) is 0 Å².